The molecule has 1 saturated carbocycles. The Bertz CT molecular complexity index is 703. The van der Waals surface area contributed by atoms with Crippen LogP contribution < -0.4 is 5.32 Å². The molecule has 0 heterocycles. The third-order valence-electron chi connectivity index (χ3n) is 4.97. The SMILES string of the molecule is CCN(CC)S(=O)(=O)c1cc(C)c(C)c(NC(=O)C2CCCC2)c1. The van der Waals surface area contributed by atoms with Gasteiger partial charge in [0.15, 0.2) is 0 Å². The van der Waals surface area contributed by atoms with Gasteiger partial charge in [-0.2, -0.15) is 4.31 Å². The van der Waals surface area contributed by atoms with E-state index in [0.29, 0.717) is 18.8 Å². The minimum Gasteiger partial charge on any atom is -0.326 e. The lowest BCUT2D eigenvalue weighted by Gasteiger charge is -2.21. The summed E-state index contributed by atoms with van der Waals surface area (Å²) >= 11 is 0. The van der Waals surface area contributed by atoms with E-state index in [1.807, 2.05) is 27.7 Å². The summed E-state index contributed by atoms with van der Waals surface area (Å²) in [7, 11) is -3.54. The van der Waals surface area contributed by atoms with Crippen molar-refractivity contribution in [1.82, 2.24) is 4.31 Å². The van der Waals surface area contributed by atoms with Crippen LogP contribution in [0, 0.1) is 19.8 Å². The van der Waals surface area contributed by atoms with E-state index in [4.69, 9.17) is 0 Å². The molecule has 5 nitrogen and oxygen atoms in total. The van der Waals surface area contributed by atoms with Gasteiger partial charge in [0.05, 0.1) is 4.90 Å². The second-order valence-corrected chi connectivity index (χ2v) is 8.41. The van der Waals surface area contributed by atoms with Gasteiger partial charge in [-0.3, -0.25) is 4.79 Å². The van der Waals surface area contributed by atoms with Crippen LogP contribution in [0.3, 0.4) is 0 Å². The maximum Gasteiger partial charge on any atom is 0.243 e. The Labute approximate surface area is 145 Å². The predicted octanol–water partition coefficient (Wildman–Crippen LogP) is 3.46. The van der Waals surface area contributed by atoms with Gasteiger partial charge in [-0.25, -0.2) is 8.42 Å². The van der Waals surface area contributed by atoms with Crippen LogP contribution in [-0.4, -0.2) is 31.7 Å². The van der Waals surface area contributed by atoms with Gasteiger partial charge in [0.2, 0.25) is 15.9 Å². The summed E-state index contributed by atoms with van der Waals surface area (Å²) < 4.78 is 27.0. The van der Waals surface area contributed by atoms with Crippen molar-refractivity contribution in [2.45, 2.75) is 58.3 Å². The largest absolute Gasteiger partial charge is 0.326 e. The maximum absolute atomic E-state index is 12.8. The molecule has 0 aliphatic heterocycles. The lowest BCUT2D eigenvalue weighted by Crippen LogP contribution is -2.31. The maximum atomic E-state index is 12.8. The number of aryl methyl sites for hydroxylation is 1. The van der Waals surface area contributed by atoms with Crippen LogP contribution in [0.2, 0.25) is 0 Å². The standard InChI is InChI=1S/C18H28N2O3S/c1-5-20(6-2)24(22,23)16-11-13(3)14(4)17(12-16)19-18(21)15-9-7-8-10-15/h11-12,15H,5-10H2,1-4H3,(H,19,21). The summed E-state index contributed by atoms with van der Waals surface area (Å²) in [5, 5.41) is 2.96. The number of anilines is 1. The van der Waals surface area contributed by atoms with E-state index in [9.17, 15) is 13.2 Å². The Morgan fingerprint density at radius 1 is 1.17 bits per heavy atom. The van der Waals surface area contributed by atoms with Gasteiger partial charge in [-0.1, -0.05) is 26.7 Å². The topological polar surface area (TPSA) is 66.5 Å². The first-order valence-corrected chi connectivity index (χ1v) is 10.2. The van der Waals surface area contributed by atoms with Crippen molar-refractivity contribution < 1.29 is 13.2 Å². The van der Waals surface area contributed by atoms with Crippen LogP contribution in [-0.2, 0) is 14.8 Å². The fourth-order valence-corrected chi connectivity index (χ4v) is 4.81. The number of rotatable bonds is 6. The zero-order valence-corrected chi connectivity index (χ0v) is 15.9. The van der Waals surface area contributed by atoms with Crippen molar-refractivity contribution in [3.8, 4) is 0 Å². The number of hydrogen-bond donors (Lipinski definition) is 1. The highest BCUT2D eigenvalue weighted by molar-refractivity contribution is 7.89. The molecule has 1 aromatic carbocycles. The van der Waals surface area contributed by atoms with E-state index in [2.05, 4.69) is 5.32 Å². The zero-order valence-electron chi connectivity index (χ0n) is 15.1. The summed E-state index contributed by atoms with van der Waals surface area (Å²) in [6, 6.07) is 3.29. The number of amides is 1. The summed E-state index contributed by atoms with van der Waals surface area (Å²) in [6.07, 6.45) is 4.02. The molecule has 1 amide bonds. The quantitative estimate of drug-likeness (QED) is 0.852. The van der Waals surface area contributed by atoms with Gasteiger partial charge in [-0.15, -0.1) is 0 Å². The molecule has 0 atom stereocenters. The first-order valence-electron chi connectivity index (χ1n) is 8.73. The molecule has 1 aliphatic carbocycles. The molecule has 2 rings (SSSR count). The van der Waals surface area contributed by atoms with Crippen molar-refractivity contribution in [2.75, 3.05) is 18.4 Å². The molecule has 0 saturated heterocycles. The minimum absolute atomic E-state index is 0.00684. The zero-order chi connectivity index (χ0) is 17.9. The van der Waals surface area contributed by atoms with Crippen LogP contribution in [0.5, 0.6) is 0 Å². The Hall–Kier alpha value is -1.40. The first-order chi connectivity index (χ1) is 11.3. The molecule has 0 aromatic heterocycles. The Morgan fingerprint density at radius 2 is 1.75 bits per heavy atom. The number of nitrogens with zero attached hydrogens (tertiary/aromatic N) is 1. The highest BCUT2D eigenvalue weighted by atomic mass is 32.2. The van der Waals surface area contributed by atoms with Gasteiger partial charge in [-0.05, 0) is 49.9 Å². The lowest BCUT2D eigenvalue weighted by molar-refractivity contribution is -0.119. The number of nitrogens with one attached hydrogen (secondary N) is 1. The van der Waals surface area contributed by atoms with Crippen LogP contribution in [0.25, 0.3) is 0 Å². The summed E-state index contributed by atoms with van der Waals surface area (Å²) in [6.45, 7) is 8.29. The molecule has 1 aliphatic rings. The third-order valence-corrected chi connectivity index (χ3v) is 7.00. The van der Waals surface area contributed by atoms with Gasteiger partial charge < -0.3 is 5.32 Å². The van der Waals surface area contributed by atoms with E-state index in [-0.39, 0.29) is 16.7 Å². The van der Waals surface area contributed by atoms with Crippen LogP contribution in [0.15, 0.2) is 17.0 Å². The molecule has 1 aromatic rings. The van der Waals surface area contributed by atoms with E-state index in [0.717, 1.165) is 36.8 Å². The second kappa shape index (κ2) is 7.66. The first kappa shape index (κ1) is 18.9. The molecule has 1 fully saturated rings. The van der Waals surface area contributed by atoms with Gasteiger partial charge in [0.1, 0.15) is 0 Å². The lowest BCUT2D eigenvalue weighted by atomic mass is 10.1. The van der Waals surface area contributed by atoms with Crippen LogP contribution in [0.1, 0.15) is 50.7 Å². The minimum atomic E-state index is -3.54. The molecule has 0 bridgehead atoms. The van der Waals surface area contributed by atoms with E-state index in [1.165, 1.54) is 4.31 Å². The van der Waals surface area contributed by atoms with E-state index < -0.39 is 10.0 Å². The fourth-order valence-electron chi connectivity index (χ4n) is 3.24. The average molecular weight is 353 g/mol. The fraction of sp³-hybridized carbons (Fsp3) is 0.611. The Kier molecular flexibility index (Phi) is 6.04. The monoisotopic (exact) mass is 352 g/mol. The van der Waals surface area contributed by atoms with Crippen molar-refractivity contribution in [1.29, 1.82) is 0 Å². The summed E-state index contributed by atoms with van der Waals surface area (Å²) in [5.74, 6) is 0.0557. The third kappa shape index (κ3) is 3.81. The van der Waals surface area contributed by atoms with Crippen molar-refractivity contribution in [3.63, 3.8) is 0 Å². The smallest absolute Gasteiger partial charge is 0.243 e. The molecular formula is C18H28N2O3S. The van der Waals surface area contributed by atoms with E-state index >= 15 is 0 Å². The Morgan fingerprint density at radius 3 is 2.29 bits per heavy atom. The number of sulfonamides is 1. The highest BCUT2D eigenvalue weighted by Crippen LogP contribution is 2.29. The molecule has 0 spiro atoms. The normalized spacial score (nSPS) is 15.9. The van der Waals surface area contributed by atoms with Gasteiger partial charge in [0, 0.05) is 24.7 Å². The molecule has 24 heavy (non-hydrogen) atoms. The van der Waals surface area contributed by atoms with Gasteiger partial charge >= 0.3 is 0 Å². The molecular weight excluding hydrogens is 324 g/mol. The van der Waals surface area contributed by atoms with Crippen molar-refractivity contribution in [2.24, 2.45) is 5.92 Å². The molecule has 0 unspecified atom stereocenters. The highest BCUT2D eigenvalue weighted by Gasteiger charge is 2.26. The van der Waals surface area contributed by atoms with Crippen molar-refractivity contribution in [3.05, 3.63) is 23.3 Å². The molecule has 1 N–H and O–H groups in total. The average Bonchev–Trinajstić information content (AvgIpc) is 3.06. The summed E-state index contributed by atoms with van der Waals surface area (Å²) in [4.78, 5) is 12.7. The van der Waals surface area contributed by atoms with E-state index in [1.54, 1.807) is 12.1 Å². The van der Waals surface area contributed by atoms with Crippen LogP contribution >= 0.6 is 0 Å². The molecule has 134 valence electrons. The summed E-state index contributed by atoms with van der Waals surface area (Å²) in [5.41, 5.74) is 2.39. The predicted molar refractivity (Wildman–Crippen MR) is 96.6 cm³/mol. The number of carbonyl (C=O) groups excluding carboxylic acids is 1. The number of benzene rings is 1. The number of hydrogen-bond acceptors (Lipinski definition) is 3. The van der Waals surface area contributed by atoms with Crippen molar-refractivity contribution >= 4 is 21.6 Å². The van der Waals surface area contributed by atoms with Gasteiger partial charge in [0.25, 0.3) is 0 Å². The Balaban J connectivity index is 2.36. The van der Waals surface area contributed by atoms with Crippen LogP contribution in [0.4, 0.5) is 5.69 Å². The second-order valence-electron chi connectivity index (χ2n) is 6.47. The molecule has 0 radical (unpaired) electrons. The molecule has 6 heteroatoms. The number of carbonyl (C=O) groups is 1.